The number of rotatable bonds is 6. The Bertz CT molecular complexity index is 863. The third-order valence-corrected chi connectivity index (χ3v) is 4.50. The van der Waals surface area contributed by atoms with E-state index in [-0.39, 0.29) is 11.6 Å². The van der Waals surface area contributed by atoms with Crippen LogP contribution < -0.4 is 0 Å². The van der Waals surface area contributed by atoms with Crippen molar-refractivity contribution in [1.82, 2.24) is 14.8 Å². The summed E-state index contributed by atoms with van der Waals surface area (Å²) in [4.78, 5) is 0. The Morgan fingerprint density at radius 2 is 1.88 bits per heavy atom. The molecule has 4 nitrogen and oxygen atoms in total. The van der Waals surface area contributed by atoms with Crippen molar-refractivity contribution in [3.05, 3.63) is 72.6 Å². The Balaban J connectivity index is 1.90. The van der Waals surface area contributed by atoms with Gasteiger partial charge < -0.3 is 5.11 Å². The number of hydrogen-bond acceptors (Lipinski definition) is 4. The van der Waals surface area contributed by atoms with Gasteiger partial charge in [-0.2, -0.15) is 0 Å². The van der Waals surface area contributed by atoms with Gasteiger partial charge in [0.1, 0.15) is 11.6 Å². The molecule has 1 aromatic heterocycles. The van der Waals surface area contributed by atoms with Gasteiger partial charge in [-0.3, -0.25) is 4.57 Å². The van der Waals surface area contributed by atoms with Gasteiger partial charge >= 0.3 is 0 Å². The first kappa shape index (κ1) is 16.3. The van der Waals surface area contributed by atoms with Gasteiger partial charge in [-0.1, -0.05) is 48.2 Å². The smallest absolute Gasteiger partial charge is 0.192 e. The molecule has 0 amide bonds. The summed E-state index contributed by atoms with van der Waals surface area (Å²) in [6.07, 6.45) is 1.74. The highest BCUT2D eigenvalue weighted by atomic mass is 32.2. The first-order valence-corrected chi connectivity index (χ1v) is 8.38. The number of aromatic hydroxyl groups is 1. The molecule has 24 heavy (non-hydrogen) atoms. The van der Waals surface area contributed by atoms with E-state index in [4.69, 9.17) is 0 Å². The Morgan fingerprint density at radius 1 is 1.12 bits per heavy atom. The average Bonchev–Trinajstić information content (AvgIpc) is 2.98. The number of allylic oxidation sites excluding steroid dienone is 1. The predicted octanol–water partition coefficient (Wildman–Crippen LogP) is 4.27. The molecule has 1 N–H and O–H groups in total. The normalized spacial score (nSPS) is 10.7. The molecule has 0 spiro atoms. The van der Waals surface area contributed by atoms with Crippen molar-refractivity contribution in [2.24, 2.45) is 0 Å². The zero-order chi connectivity index (χ0) is 16.9. The molecular formula is C18H16FN3OS. The van der Waals surface area contributed by atoms with Crippen LogP contribution in [0, 0.1) is 5.82 Å². The molecule has 0 unspecified atom stereocenters. The number of phenols is 1. The number of phenolic OH excluding ortho intramolecular Hbond substituents is 1. The van der Waals surface area contributed by atoms with E-state index in [1.165, 1.54) is 17.8 Å². The molecular weight excluding hydrogens is 325 g/mol. The van der Waals surface area contributed by atoms with Crippen LogP contribution >= 0.6 is 11.8 Å². The van der Waals surface area contributed by atoms with E-state index in [1.807, 2.05) is 10.6 Å². The molecule has 1 heterocycles. The van der Waals surface area contributed by atoms with Gasteiger partial charge in [0.25, 0.3) is 0 Å². The fraction of sp³-hybridized carbons (Fsp3) is 0.111. The molecule has 0 bridgehead atoms. The molecule has 3 aromatic rings. The molecule has 122 valence electrons. The van der Waals surface area contributed by atoms with Crippen LogP contribution in [0.5, 0.6) is 5.75 Å². The number of nitrogens with zero attached hydrogens (tertiary/aromatic N) is 3. The van der Waals surface area contributed by atoms with Crippen molar-refractivity contribution in [3.63, 3.8) is 0 Å². The summed E-state index contributed by atoms with van der Waals surface area (Å²) in [5.74, 6) is 0.911. The fourth-order valence-electron chi connectivity index (χ4n) is 2.31. The van der Waals surface area contributed by atoms with Gasteiger partial charge in [0.15, 0.2) is 11.0 Å². The van der Waals surface area contributed by atoms with Crippen molar-refractivity contribution in [2.45, 2.75) is 17.5 Å². The molecule has 0 atom stereocenters. The minimum atomic E-state index is -0.235. The molecule has 0 aliphatic carbocycles. The molecule has 0 saturated heterocycles. The number of benzene rings is 2. The van der Waals surface area contributed by atoms with E-state index in [2.05, 4.69) is 16.8 Å². The molecule has 0 aliphatic rings. The molecule has 0 saturated carbocycles. The number of thioether (sulfide) groups is 1. The van der Waals surface area contributed by atoms with Gasteiger partial charge in [-0.05, 0) is 23.8 Å². The largest absolute Gasteiger partial charge is 0.507 e. The Morgan fingerprint density at radius 3 is 2.62 bits per heavy atom. The third kappa shape index (κ3) is 3.33. The summed E-state index contributed by atoms with van der Waals surface area (Å²) in [7, 11) is 0. The summed E-state index contributed by atoms with van der Waals surface area (Å²) in [6.45, 7) is 4.25. The molecule has 0 radical (unpaired) electrons. The fourth-order valence-corrected chi connectivity index (χ4v) is 3.24. The lowest BCUT2D eigenvalue weighted by Gasteiger charge is -2.09. The summed E-state index contributed by atoms with van der Waals surface area (Å²) in [6, 6.07) is 13.6. The van der Waals surface area contributed by atoms with Gasteiger partial charge in [0, 0.05) is 12.3 Å². The lowest BCUT2D eigenvalue weighted by Crippen LogP contribution is -2.01. The summed E-state index contributed by atoms with van der Waals surface area (Å²) < 4.78 is 15.6. The Labute approximate surface area is 143 Å². The van der Waals surface area contributed by atoms with E-state index in [0.717, 1.165) is 0 Å². The van der Waals surface area contributed by atoms with Crippen LogP contribution in [0.4, 0.5) is 4.39 Å². The first-order valence-electron chi connectivity index (χ1n) is 7.39. The average molecular weight is 341 g/mol. The maximum Gasteiger partial charge on any atom is 0.192 e. The number of halogens is 1. The van der Waals surface area contributed by atoms with Crippen molar-refractivity contribution in [1.29, 1.82) is 0 Å². The standard InChI is InChI=1S/C18H16FN3OS/c1-2-11-22-17(14-8-4-6-10-16(14)23)20-21-18(22)24-12-13-7-3-5-9-15(13)19/h2-10,23H,1,11-12H2. The lowest BCUT2D eigenvalue weighted by molar-refractivity contribution is 0.476. The summed E-state index contributed by atoms with van der Waals surface area (Å²) in [5.41, 5.74) is 1.21. The van der Waals surface area contributed by atoms with Gasteiger partial charge in [-0.25, -0.2) is 4.39 Å². The predicted molar refractivity (Wildman–Crippen MR) is 93.3 cm³/mol. The zero-order valence-corrected chi connectivity index (χ0v) is 13.7. The second-order valence-corrected chi connectivity index (χ2v) is 6.05. The second-order valence-electron chi connectivity index (χ2n) is 5.10. The SMILES string of the molecule is C=CCn1c(SCc2ccccc2F)nnc1-c1ccccc1O. The zero-order valence-electron chi connectivity index (χ0n) is 12.9. The highest BCUT2D eigenvalue weighted by Gasteiger charge is 2.16. The van der Waals surface area contributed by atoms with Crippen molar-refractivity contribution in [2.75, 3.05) is 0 Å². The van der Waals surface area contributed by atoms with Crippen molar-refractivity contribution < 1.29 is 9.50 Å². The highest BCUT2D eigenvalue weighted by Crippen LogP contribution is 2.31. The van der Waals surface area contributed by atoms with E-state index in [0.29, 0.717) is 34.4 Å². The maximum absolute atomic E-state index is 13.8. The highest BCUT2D eigenvalue weighted by molar-refractivity contribution is 7.98. The number of hydrogen-bond donors (Lipinski definition) is 1. The minimum Gasteiger partial charge on any atom is -0.507 e. The Kier molecular flexibility index (Phi) is 4.96. The lowest BCUT2D eigenvalue weighted by atomic mass is 10.2. The van der Waals surface area contributed by atoms with Crippen molar-refractivity contribution in [3.8, 4) is 17.1 Å². The van der Waals surface area contributed by atoms with E-state index in [9.17, 15) is 9.50 Å². The topological polar surface area (TPSA) is 50.9 Å². The summed E-state index contributed by atoms with van der Waals surface area (Å²) in [5, 5.41) is 19.1. The van der Waals surface area contributed by atoms with Crippen LogP contribution in [0.1, 0.15) is 5.56 Å². The van der Waals surface area contributed by atoms with E-state index < -0.39 is 0 Å². The molecule has 3 rings (SSSR count). The molecule has 2 aromatic carbocycles. The number of para-hydroxylation sites is 1. The van der Waals surface area contributed by atoms with Crippen LogP contribution in [0.2, 0.25) is 0 Å². The molecule has 6 heteroatoms. The van der Waals surface area contributed by atoms with Crippen LogP contribution in [-0.2, 0) is 12.3 Å². The summed E-state index contributed by atoms with van der Waals surface area (Å²) >= 11 is 1.40. The van der Waals surface area contributed by atoms with Gasteiger partial charge in [0.05, 0.1) is 5.56 Å². The first-order chi connectivity index (χ1) is 11.7. The Hall–Kier alpha value is -2.60. The van der Waals surface area contributed by atoms with E-state index in [1.54, 1.807) is 42.5 Å². The second kappa shape index (κ2) is 7.31. The van der Waals surface area contributed by atoms with Crippen LogP contribution in [0.3, 0.4) is 0 Å². The van der Waals surface area contributed by atoms with E-state index >= 15 is 0 Å². The van der Waals surface area contributed by atoms with Gasteiger partial charge in [-0.15, -0.1) is 16.8 Å². The maximum atomic E-state index is 13.8. The van der Waals surface area contributed by atoms with Crippen molar-refractivity contribution >= 4 is 11.8 Å². The molecule has 0 aliphatic heterocycles. The van der Waals surface area contributed by atoms with Crippen LogP contribution in [-0.4, -0.2) is 19.9 Å². The third-order valence-electron chi connectivity index (χ3n) is 3.49. The number of aromatic nitrogens is 3. The van der Waals surface area contributed by atoms with Crippen LogP contribution in [0.25, 0.3) is 11.4 Å². The van der Waals surface area contributed by atoms with Gasteiger partial charge in [0.2, 0.25) is 0 Å². The van der Waals surface area contributed by atoms with Crippen LogP contribution in [0.15, 0.2) is 66.3 Å². The molecule has 0 fully saturated rings. The monoisotopic (exact) mass is 341 g/mol. The quantitative estimate of drug-likeness (QED) is 0.537. The minimum absolute atomic E-state index is 0.140.